The topological polar surface area (TPSA) is 26.0 Å². The van der Waals surface area contributed by atoms with Gasteiger partial charge >= 0.3 is 0 Å². The highest BCUT2D eigenvalue weighted by molar-refractivity contribution is 9.10. The third kappa shape index (κ3) is 2.03. The molecule has 1 saturated carbocycles. The van der Waals surface area contributed by atoms with Crippen molar-refractivity contribution in [2.45, 2.75) is 22.6 Å². The van der Waals surface area contributed by atoms with E-state index in [1.165, 1.54) is 4.90 Å². The van der Waals surface area contributed by atoms with E-state index >= 15 is 0 Å². The van der Waals surface area contributed by atoms with Crippen molar-refractivity contribution in [2.75, 3.05) is 0 Å². The van der Waals surface area contributed by atoms with Gasteiger partial charge in [0.15, 0.2) is 0 Å². The number of benzene rings is 1. The van der Waals surface area contributed by atoms with Crippen molar-refractivity contribution >= 4 is 27.7 Å². The first-order valence-corrected chi connectivity index (χ1v) is 5.52. The van der Waals surface area contributed by atoms with Gasteiger partial charge in [0, 0.05) is 9.37 Å². The van der Waals surface area contributed by atoms with Crippen LogP contribution in [0.25, 0.3) is 0 Å². The number of halogens is 1. The molecule has 64 valence electrons. The van der Waals surface area contributed by atoms with Gasteiger partial charge < -0.3 is 5.73 Å². The van der Waals surface area contributed by atoms with Gasteiger partial charge in [-0.3, -0.25) is 0 Å². The Balaban J connectivity index is 2.08. The summed E-state index contributed by atoms with van der Waals surface area (Å²) in [5.41, 5.74) is 5.97. The maximum atomic E-state index is 5.97. The zero-order chi connectivity index (χ0) is 8.60. The van der Waals surface area contributed by atoms with Gasteiger partial charge in [-0.2, -0.15) is 0 Å². The van der Waals surface area contributed by atoms with Crippen LogP contribution < -0.4 is 5.73 Å². The third-order valence-electron chi connectivity index (χ3n) is 1.88. The quantitative estimate of drug-likeness (QED) is 0.809. The number of rotatable bonds is 2. The van der Waals surface area contributed by atoms with Crippen LogP contribution >= 0.6 is 27.7 Å². The van der Waals surface area contributed by atoms with E-state index in [0.717, 1.165) is 17.3 Å². The maximum Gasteiger partial charge on any atom is 0.0668 e. The molecule has 0 spiro atoms. The summed E-state index contributed by atoms with van der Waals surface area (Å²) in [7, 11) is 0. The van der Waals surface area contributed by atoms with E-state index in [1.54, 1.807) is 11.8 Å². The van der Waals surface area contributed by atoms with E-state index in [0.29, 0.717) is 0 Å². The van der Waals surface area contributed by atoms with Gasteiger partial charge in [-0.1, -0.05) is 15.9 Å². The summed E-state index contributed by atoms with van der Waals surface area (Å²) in [5.74, 6) is 0. The first kappa shape index (κ1) is 8.60. The summed E-state index contributed by atoms with van der Waals surface area (Å²) >= 11 is 5.18. The lowest BCUT2D eigenvalue weighted by atomic mass is 10.4. The molecular weight excluding hydrogens is 234 g/mol. The van der Waals surface area contributed by atoms with Crippen molar-refractivity contribution in [3.8, 4) is 0 Å². The van der Waals surface area contributed by atoms with Crippen molar-refractivity contribution < 1.29 is 0 Å². The van der Waals surface area contributed by atoms with Gasteiger partial charge in [-0.25, -0.2) is 0 Å². The third-order valence-corrected chi connectivity index (χ3v) is 3.73. The highest BCUT2D eigenvalue weighted by Gasteiger charge is 2.39. The average molecular weight is 244 g/mol. The van der Waals surface area contributed by atoms with E-state index in [4.69, 9.17) is 5.73 Å². The van der Waals surface area contributed by atoms with Crippen LogP contribution in [0, 0.1) is 0 Å². The van der Waals surface area contributed by atoms with E-state index in [-0.39, 0.29) is 4.87 Å². The summed E-state index contributed by atoms with van der Waals surface area (Å²) in [6.07, 6.45) is 2.29. The molecule has 2 N–H and O–H groups in total. The molecule has 1 fully saturated rings. The molecule has 1 aromatic carbocycles. The molecule has 1 nitrogen and oxygen atoms in total. The summed E-state index contributed by atoms with van der Waals surface area (Å²) in [6, 6.07) is 8.30. The molecule has 0 saturated heterocycles. The molecule has 1 aliphatic rings. The zero-order valence-corrected chi connectivity index (χ0v) is 8.99. The highest BCUT2D eigenvalue weighted by atomic mass is 79.9. The Bertz CT molecular complexity index is 279. The summed E-state index contributed by atoms with van der Waals surface area (Å²) in [6.45, 7) is 0. The van der Waals surface area contributed by atoms with Gasteiger partial charge in [-0.05, 0) is 37.1 Å². The smallest absolute Gasteiger partial charge is 0.0668 e. The van der Waals surface area contributed by atoms with Crippen LogP contribution in [-0.4, -0.2) is 4.87 Å². The van der Waals surface area contributed by atoms with Crippen LogP contribution in [0.2, 0.25) is 0 Å². The molecule has 0 radical (unpaired) electrons. The van der Waals surface area contributed by atoms with Crippen LogP contribution in [-0.2, 0) is 0 Å². The average Bonchev–Trinajstić information content (AvgIpc) is 2.74. The van der Waals surface area contributed by atoms with E-state index in [9.17, 15) is 0 Å². The Morgan fingerprint density at radius 1 is 1.25 bits per heavy atom. The first-order chi connectivity index (χ1) is 5.68. The molecule has 0 aromatic heterocycles. The van der Waals surface area contributed by atoms with Crippen molar-refractivity contribution in [3.05, 3.63) is 28.7 Å². The minimum atomic E-state index is 0.0494. The highest BCUT2D eigenvalue weighted by Crippen LogP contribution is 2.46. The lowest BCUT2D eigenvalue weighted by molar-refractivity contribution is 0.981. The molecule has 1 aliphatic carbocycles. The largest absolute Gasteiger partial charge is 0.317 e. The Morgan fingerprint density at radius 2 is 1.83 bits per heavy atom. The molecule has 0 aliphatic heterocycles. The van der Waals surface area contributed by atoms with Crippen molar-refractivity contribution in [1.82, 2.24) is 0 Å². The Hall–Kier alpha value is 0.01000. The first-order valence-electron chi connectivity index (χ1n) is 3.91. The molecule has 0 heterocycles. The van der Waals surface area contributed by atoms with Crippen LogP contribution in [0.15, 0.2) is 33.6 Å². The minimum Gasteiger partial charge on any atom is -0.317 e. The second-order valence-electron chi connectivity index (χ2n) is 3.12. The lowest BCUT2D eigenvalue weighted by Gasteiger charge is -2.07. The fraction of sp³-hybridized carbons (Fsp3) is 0.333. The van der Waals surface area contributed by atoms with Gasteiger partial charge in [0.05, 0.1) is 4.87 Å². The predicted molar refractivity (Wildman–Crippen MR) is 56.2 cm³/mol. The van der Waals surface area contributed by atoms with E-state index < -0.39 is 0 Å². The SMILES string of the molecule is NC1(Sc2ccc(Br)cc2)CC1. The Labute approximate surface area is 84.9 Å². The zero-order valence-electron chi connectivity index (χ0n) is 6.59. The molecule has 12 heavy (non-hydrogen) atoms. The monoisotopic (exact) mass is 243 g/mol. The van der Waals surface area contributed by atoms with Crippen LogP contribution in [0.3, 0.4) is 0 Å². The van der Waals surface area contributed by atoms with Gasteiger partial charge in [0.2, 0.25) is 0 Å². The number of hydrogen-bond acceptors (Lipinski definition) is 2. The molecular formula is C9H10BrNS. The second-order valence-corrected chi connectivity index (χ2v) is 5.53. The normalized spacial score (nSPS) is 19.2. The fourth-order valence-electron chi connectivity index (χ4n) is 0.963. The van der Waals surface area contributed by atoms with E-state index in [2.05, 4.69) is 28.1 Å². The van der Waals surface area contributed by atoms with Crippen LogP contribution in [0.4, 0.5) is 0 Å². The number of thioether (sulfide) groups is 1. The standard InChI is InChI=1S/C9H10BrNS/c10-7-1-3-8(4-2-7)12-9(11)5-6-9/h1-4H,5-6,11H2. The number of nitrogens with two attached hydrogens (primary N) is 1. The van der Waals surface area contributed by atoms with Crippen molar-refractivity contribution in [3.63, 3.8) is 0 Å². The molecule has 1 aromatic rings. The molecule has 0 unspecified atom stereocenters. The van der Waals surface area contributed by atoms with Gasteiger partial charge in [-0.15, -0.1) is 11.8 Å². The lowest BCUT2D eigenvalue weighted by Crippen LogP contribution is -2.15. The molecule has 0 bridgehead atoms. The predicted octanol–water partition coefficient (Wildman–Crippen LogP) is 2.99. The molecule has 2 rings (SSSR count). The molecule has 3 heteroatoms. The minimum absolute atomic E-state index is 0.0494. The molecule has 0 amide bonds. The Morgan fingerprint density at radius 3 is 2.33 bits per heavy atom. The van der Waals surface area contributed by atoms with Gasteiger partial charge in [0.25, 0.3) is 0 Å². The van der Waals surface area contributed by atoms with Crippen molar-refractivity contribution in [1.29, 1.82) is 0 Å². The molecule has 0 atom stereocenters. The van der Waals surface area contributed by atoms with Gasteiger partial charge in [0.1, 0.15) is 0 Å². The second kappa shape index (κ2) is 3.05. The summed E-state index contributed by atoms with van der Waals surface area (Å²) in [5, 5.41) is 0. The van der Waals surface area contributed by atoms with E-state index in [1.807, 2.05) is 12.1 Å². The van der Waals surface area contributed by atoms with Crippen molar-refractivity contribution in [2.24, 2.45) is 5.73 Å². The fourth-order valence-corrected chi connectivity index (χ4v) is 2.27. The summed E-state index contributed by atoms with van der Waals surface area (Å²) < 4.78 is 1.12. The van der Waals surface area contributed by atoms with Crippen LogP contribution in [0.1, 0.15) is 12.8 Å². The Kier molecular flexibility index (Phi) is 2.19. The summed E-state index contributed by atoms with van der Waals surface area (Å²) in [4.78, 5) is 1.31. The van der Waals surface area contributed by atoms with Crippen LogP contribution in [0.5, 0.6) is 0 Å². The number of hydrogen-bond donors (Lipinski definition) is 1. The maximum absolute atomic E-state index is 5.97.